The lowest BCUT2D eigenvalue weighted by atomic mass is 10.4. The molecule has 0 aromatic rings. The number of ether oxygens (including phenoxy) is 1. The standard InChI is InChI=1S/C7H13O2/c1-3-5-6-9-7(8)4-2/h6H,3-5H2,1-2H3. The molecule has 0 heterocycles. The first-order chi connectivity index (χ1) is 4.31. The third-order valence-corrected chi connectivity index (χ3v) is 0.910. The van der Waals surface area contributed by atoms with E-state index in [1.165, 1.54) is 0 Å². The van der Waals surface area contributed by atoms with Gasteiger partial charge in [0.05, 0.1) is 0 Å². The Morgan fingerprint density at radius 2 is 2.22 bits per heavy atom. The molecule has 0 saturated carbocycles. The van der Waals surface area contributed by atoms with Gasteiger partial charge in [-0.3, -0.25) is 4.79 Å². The third-order valence-electron chi connectivity index (χ3n) is 0.910. The second kappa shape index (κ2) is 5.60. The van der Waals surface area contributed by atoms with Crippen LogP contribution in [0, 0.1) is 6.61 Å². The van der Waals surface area contributed by atoms with Gasteiger partial charge in [-0.1, -0.05) is 20.3 Å². The second-order valence-electron chi connectivity index (χ2n) is 1.80. The fraction of sp³-hybridized carbons (Fsp3) is 0.714. The van der Waals surface area contributed by atoms with Crippen molar-refractivity contribution in [3.63, 3.8) is 0 Å². The highest BCUT2D eigenvalue weighted by molar-refractivity contribution is 5.69. The number of carbonyl (C=O) groups is 1. The van der Waals surface area contributed by atoms with Gasteiger partial charge in [-0.25, -0.2) is 0 Å². The van der Waals surface area contributed by atoms with Gasteiger partial charge in [-0.15, -0.1) is 0 Å². The molecule has 0 aromatic heterocycles. The Morgan fingerprint density at radius 1 is 1.56 bits per heavy atom. The molecule has 0 aliphatic carbocycles. The molecule has 0 unspecified atom stereocenters. The van der Waals surface area contributed by atoms with E-state index in [9.17, 15) is 4.79 Å². The van der Waals surface area contributed by atoms with Gasteiger partial charge < -0.3 is 4.74 Å². The number of rotatable bonds is 4. The topological polar surface area (TPSA) is 26.3 Å². The van der Waals surface area contributed by atoms with E-state index in [4.69, 9.17) is 0 Å². The fourth-order valence-electron chi connectivity index (χ4n) is 0.353. The average Bonchev–Trinajstić information content (AvgIpc) is 1.89. The summed E-state index contributed by atoms with van der Waals surface area (Å²) in [5, 5.41) is 0. The summed E-state index contributed by atoms with van der Waals surface area (Å²) >= 11 is 0. The van der Waals surface area contributed by atoms with Crippen LogP contribution >= 0.6 is 0 Å². The van der Waals surface area contributed by atoms with Crippen LogP contribution < -0.4 is 0 Å². The molecule has 1 radical (unpaired) electrons. The molecule has 0 amide bonds. The molecule has 0 aliphatic rings. The van der Waals surface area contributed by atoms with E-state index in [2.05, 4.69) is 4.74 Å². The summed E-state index contributed by atoms with van der Waals surface area (Å²) in [7, 11) is 0. The summed E-state index contributed by atoms with van der Waals surface area (Å²) in [6, 6.07) is 0. The molecule has 0 aliphatic heterocycles. The first-order valence-corrected chi connectivity index (χ1v) is 3.32. The van der Waals surface area contributed by atoms with Crippen LogP contribution in [0.25, 0.3) is 0 Å². The van der Waals surface area contributed by atoms with Crippen LogP contribution in [0.5, 0.6) is 0 Å². The van der Waals surface area contributed by atoms with E-state index in [0.29, 0.717) is 6.42 Å². The van der Waals surface area contributed by atoms with Crippen LogP contribution in [-0.2, 0) is 9.53 Å². The summed E-state index contributed by atoms with van der Waals surface area (Å²) in [6.45, 7) is 5.38. The van der Waals surface area contributed by atoms with E-state index < -0.39 is 0 Å². The molecule has 0 fully saturated rings. The van der Waals surface area contributed by atoms with Gasteiger partial charge >= 0.3 is 5.97 Å². The SMILES string of the molecule is CCC[CH]OC(=O)CC. The lowest BCUT2D eigenvalue weighted by Gasteiger charge is -1.97. The lowest BCUT2D eigenvalue weighted by molar-refractivity contribution is -0.139. The first kappa shape index (κ1) is 8.47. The zero-order valence-corrected chi connectivity index (χ0v) is 6.02. The van der Waals surface area contributed by atoms with Crippen LogP contribution in [-0.4, -0.2) is 5.97 Å². The minimum absolute atomic E-state index is 0.150. The summed E-state index contributed by atoms with van der Waals surface area (Å²) < 4.78 is 4.67. The Labute approximate surface area is 56.2 Å². The molecule has 0 saturated heterocycles. The molecule has 2 heteroatoms. The van der Waals surface area contributed by atoms with Crippen molar-refractivity contribution in [1.82, 2.24) is 0 Å². The minimum Gasteiger partial charge on any atom is -0.458 e. The van der Waals surface area contributed by atoms with Crippen molar-refractivity contribution in [2.75, 3.05) is 0 Å². The third kappa shape index (κ3) is 5.34. The van der Waals surface area contributed by atoms with E-state index in [0.717, 1.165) is 12.8 Å². The Hall–Kier alpha value is -0.530. The molecule has 0 aromatic carbocycles. The zero-order chi connectivity index (χ0) is 7.11. The molecular weight excluding hydrogens is 116 g/mol. The number of esters is 1. The summed E-state index contributed by atoms with van der Waals surface area (Å²) in [4.78, 5) is 10.4. The quantitative estimate of drug-likeness (QED) is 0.428. The van der Waals surface area contributed by atoms with E-state index in [-0.39, 0.29) is 5.97 Å². The molecule has 2 nitrogen and oxygen atoms in total. The highest BCUT2D eigenvalue weighted by Gasteiger charge is 1.95. The molecule has 0 atom stereocenters. The maximum absolute atomic E-state index is 10.4. The van der Waals surface area contributed by atoms with Crippen LogP contribution in [0.4, 0.5) is 0 Å². The first-order valence-electron chi connectivity index (χ1n) is 3.32. The Balaban J connectivity index is 2.97. The maximum Gasteiger partial charge on any atom is 0.305 e. The smallest absolute Gasteiger partial charge is 0.305 e. The van der Waals surface area contributed by atoms with Crippen molar-refractivity contribution in [2.45, 2.75) is 33.1 Å². The molecule has 0 spiro atoms. The predicted octanol–water partition coefficient (Wildman–Crippen LogP) is 1.90. The zero-order valence-electron chi connectivity index (χ0n) is 6.02. The molecule has 9 heavy (non-hydrogen) atoms. The fourth-order valence-corrected chi connectivity index (χ4v) is 0.353. The highest BCUT2D eigenvalue weighted by atomic mass is 16.5. The molecule has 0 N–H and O–H groups in total. The number of hydrogen-bond donors (Lipinski definition) is 0. The molecule has 0 bridgehead atoms. The lowest BCUT2D eigenvalue weighted by Crippen LogP contribution is -1.98. The van der Waals surface area contributed by atoms with Crippen LogP contribution in [0.3, 0.4) is 0 Å². The van der Waals surface area contributed by atoms with Gasteiger partial charge in [-0.05, 0) is 6.42 Å². The van der Waals surface area contributed by atoms with Gasteiger partial charge in [0.25, 0.3) is 0 Å². The minimum atomic E-state index is -0.150. The van der Waals surface area contributed by atoms with Gasteiger partial charge in [-0.2, -0.15) is 0 Å². The van der Waals surface area contributed by atoms with Gasteiger partial charge in [0.15, 0.2) is 0 Å². The van der Waals surface area contributed by atoms with E-state index in [1.807, 2.05) is 6.92 Å². The summed E-state index contributed by atoms with van der Waals surface area (Å²) in [6.07, 6.45) is 2.34. The normalized spacial score (nSPS) is 9.11. The van der Waals surface area contributed by atoms with Crippen molar-refractivity contribution in [2.24, 2.45) is 0 Å². The summed E-state index contributed by atoms with van der Waals surface area (Å²) in [5.74, 6) is -0.150. The molecule has 53 valence electrons. The second-order valence-corrected chi connectivity index (χ2v) is 1.80. The highest BCUT2D eigenvalue weighted by Crippen LogP contribution is 1.95. The van der Waals surface area contributed by atoms with Crippen molar-refractivity contribution in [1.29, 1.82) is 0 Å². The largest absolute Gasteiger partial charge is 0.458 e. The monoisotopic (exact) mass is 129 g/mol. The number of unbranched alkanes of at least 4 members (excludes halogenated alkanes) is 1. The number of hydrogen-bond acceptors (Lipinski definition) is 2. The Morgan fingerprint density at radius 3 is 2.67 bits per heavy atom. The molecule has 0 rings (SSSR count). The van der Waals surface area contributed by atoms with E-state index in [1.54, 1.807) is 13.5 Å². The summed E-state index contributed by atoms with van der Waals surface area (Å²) in [5.41, 5.74) is 0. The van der Waals surface area contributed by atoms with Gasteiger partial charge in [0, 0.05) is 6.42 Å². The van der Waals surface area contributed by atoms with Crippen molar-refractivity contribution in [3.8, 4) is 0 Å². The van der Waals surface area contributed by atoms with Crippen molar-refractivity contribution in [3.05, 3.63) is 6.61 Å². The maximum atomic E-state index is 10.4. The van der Waals surface area contributed by atoms with Gasteiger partial charge in [0.2, 0.25) is 0 Å². The number of carbonyl (C=O) groups excluding carboxylic acids is 1. The Bertz CT molecular complexity index is 79.0. The van der Waals surface area contributed by atoms with Crippen LogP contribution in [0.2, 0.25) is 0 Å². The van der Waals surface area contributed by atoms with Crippen LogP contribution in [0.1, 0.15) is 33.1 Å². The van der Waals surface area contributed by atoms with Crippen molar-refractivity contribution < 1.29 is 9.53 Å². The van der Waals surface area contributed by atoms with Gasteiger partial charge in [0.1, 0.15) is 6.61 Å². The van der Waals surface area contributed by atoms with Crippen molar-refractivity contribution >= 4 is 5.97 Å². The Kier molecular flexibility index (Phi) is 5.27. The van der Waals surface area contributed by atoms with E-state index >= 15 is 0 Å². The van der Waals surface area contributed by atoms with Crippen LogP contribution in [0.15, 0.2) is 0 Å². The average molecular weight is 129 g/mol. The molecular formula is C7H13O2. The predicted molar refractivity (Wildman–Crippen MR) is 35.6 cm³/mol.